The molecule has 2 atom stereocenters. The Labute approximate surface area is 123 Å². The quantitative estimate of drug-likeness (QED) is 0.613. The second kappa shape index (κ2) is 5.69. The molecule has 0 amide bonds. The van der Waals surface area contributed by atoms with Crippen LogP contribution in [0, 0.1) is 0 Å². The van der Waals surface area contributed by atoms with Gasteiger partial charge in [0, 0.05) is 5.39 Å². The summed E-state index contributed by atoms with van der Waals surface area (Å²) in [5, 5.41) is 8.26. The lowest BCUT2D eigenvalue weighted by atomic mass is 10.1. The zero-order valence-electron chi connectivity index (χ0n) is 11.2. The summed E-state index contributed by atoms with van der Waals surface area (Å²) >= 11 is 0. The van der Waals surface area contributed by atoms with Gasteiger partial charge in [-0.2, -0.15) is 5.10 Å². The lowest BCUT2D eigenvalue weighted by Crippen LogP contribution is -3.00. The lowest BCUT2D eigenvalue weighted by molar-refractivity contribution is -0.678. The fourth-order valence-corrected chi connectivity index (χ4v) is 3.06. The molecule has 3 heterocycles. The Morgan fingerprint density at radius 3 is 3.05 bits per heavy atom. The van der Waals surface area contributed by atoms with Gasteiger partial charge in [-0.1, -0.05) is 18.2 Å². The third kappa shape index (κ3) is 2.20. The van der Waals surface area contributed by atoms with E-state index in [1.807, 2.05) is 6.07 Å². The summed E-state index contributed by atoms with van der Waals surface area (Å²) in [6, 6.07) is 8.47. The molecule has 4 rings (SSSR count). The van der Waals surface area contributed by atoms with Crippen LogP contribution in [0.2, 0.25) is 0 Å². The highest BCUT2D eigenvalue weighted by Gasteiger charge is 2.33. The topological polar surface area (TPSA) is 52.9 Å². The van der Waals surface area contributed by atoms with Crippen molar-refractivity contribution in [1.29, 1.82) is 0 Å². The van der Waals surface area contributed by atoms with E-state index in [1.165, 1.54) is 11.1 Å². The molecule has 2 aromatic rings. The minimum atomic E-state index is 0. The minimum Gasteiger partial charge on any atom is -1.00 e. The van der Waals surface area contributed by atoms with Crippen LogP contribution in [0.15, 0.2) is 24.3 Å². The predicted molar refractivity (Wildman–Crippen MR) is 69.8 cm³/mol. The molecule has 1 saturated heterocycles. The van der Waals surface area contributed by atoms with Crippen LogP contribution in [0.3, 0.4) is 0 Å². The molecule has 2 N–H and O–H groups in total. The number of nitrogens with two attached hydrogens (primary N) is 1. The van der Waals surface area contributed by atoms with Crippen LogP contribution < -0.4 is 17.7 Å². The molecule has 108 valence electrons. The van der Waals surface area contributed by atoms with Crippen LogP contribution in [-0.2, 0) is 16.1 Å². The van der Waals surface area contributed by atoms with E-state index < -0.39 is 0 Å². The van der Waals surface area contributed by atoms with Gasteiger partial charge >= 0.3 is 0 Å². The molecule has 0 aliphatic carbocycles. The summed E-state index contributed by atoms with van der Waals surface area (Å²) < 4.78 is 13.8. The normalized spacial score (nSPS) is 26.0. The summed E-state index contributed by atoms with van der Waals surface area (Å²) in [6.07, 6.45) is 0.196. The SMILES string of the molecule is [Cl-].c1ccc2c3n(nc2c1)C([C@H]1C[NH2+]CCO1)COC3. The summed E-state index contributed by atoms with van der Waals surface area (Å²) in [5.74, 6) is 0. The molecule has 0 saturated carbocycles. The lowest BCUT2D eigenvalue weighted by Gasteiger charge is -2.32. The Balaban J connectivity index is 0.00000121. The van der Waals surface area contributed by atoms with Crippen molar-refractivity contribution < 1.29 is 27.2 Å². The number of morpholine rings is 1. The number of rotatable bonds is 1. The number of benzene rings is 1. The second-order valence-electron chi connectivity index (χ2n) is 5.21. The van der Waals surface area contributed by atoms with Crippen LogP contribution in [0.1, 0.15) is 11.7 Å². The zero-order valence-corrected chi connectivity index (χ0v) is 11.9. The number of ether oxygens (including phenoxy) is 2. The minimum absolute atomic E-state index is 0. The van der Waals surface area contributed by atoms with Gasteiger partial charge in [0.2, 0.25) is 0 Å². The Kier molecular flexibility index (Phi) is 3.94. The average Bonchev–Trinajstić information content (AvgIpc) is 2.87. The van der Waals surface area contributed by atoms with Crippen molar-refractivity contribution in [2.45, 2.75) is 18.8 Å². The Hall–Kier alpha value is -1.14. The molecule has 1 unspecified atom stereocenters. The van der Waals surface area contributed by atoms with Crippen molar-refractivity contribution >= 4 is 10.9 Å². The second-order valence-corrected chi connectivity index (χ2v) is 5.21. The Morgan fingerprint density at radius 1 is 1.30 bits per heavy atom. The molecule has 0 radical (unpaired) electrons. The molecule has 0 spiro atoms. The molecule has 1 fully saturated rings. The van der Waals surface area contributed by atoms with E-state index in [9.17, 15) is 0 Å². The number of hydrogen-bond acceptors (Lipinski definition) is 3. The largest absolute Gasteiger partial charge is 1.00 e. The van der Waals surface area contributed by atoms with Gasteiger partial charge in [-0.05, 0) is 6.07 Å². The number of hydrogen-bond donors (Lipinski definition) is 1. The molecule has 2 aliphatic rings. The Bertz CT molecular complexity index is 595. The smallest absolute Gasteiger partial charge is 0.131 e. The van der Waals surface area contributed by atoms with Crippen molar-refractivity contribution in [3.05, 3.63) is 30.0 Å². The average molecular weight is 296 g/mol. The first kappa shape index (κ1) is 13.8. The highest BCUT2D eigenvalue weighted by atomic mass is 35.5. The van der Waals surface area contributed by atoms with Gasteiger partial charge in [-0.25, -0.2) is 0 Å². The summed E-state index contributed by atoms with van der Waals surface area (Å²) in [7, 11) is 0. The molecule has 5 nitrogen and oxygen atoms in total. The maximum atomic E-state index is 5.90. The van der Waals surface area contributed by atoms with Crippen LogP contribution in [-0.4, -0.2) is 42.2 Å². The molecular formula is C14H18ClN3O2. The predicted octanol–water partition coefficient (Wildman–Crippen LogP) is -2.93. The third-order valence-corrected chi connectivity index (χ3v) is 4.03. The van der Waals surface area contributed by atoms with E-state index in [0.29, 0.717) is 13.2 Å². The standard InChI is InChI=1S/C14H17N3O2.ClH/c1-2-4-11-10(3-1)12-8-18-9-13(17(12)16-11)14-7-15-5-6-19-14;/h1-4,13-15H,5-9H2;1H/t13?,14-;/m1./s1. The zero-order chi connectivity index (χ0) is 12.7. The molecule has 0 bridgehead atoms. The van der Waals surface area contributed by atoms with Crippen LogP contribution in [0.4, 0.5) is 0 Å². The first-order valence-electron chi connectivity index (χ1n) is 6.90. The summed E-state index contributed by atoms with van der Waals surface area (Å²) in [5.41, 5.74) is 2.23. The van der Waals surface area contributed by atoms with E-state index in [-0.39, 0.29) is 24.6 Å². The highest BCUT2D eigenvalue weighted by molar-refractivity contribution is 5.81. The highest BCUT2D eigenvalue weighted by Crippen LogP contribution is 2.28. The van der Waals surface area contributed by atoms with Gasteiger partial charge in [0.15, 0.2) is 0 Å². The van der Waals surface area contributed by atoms with Crippen molar-refractivity contribution in [2.75, 3.05) is 26.3 Å². The molecule has 1 aromatic carbocycles. The first-order chi connectivity index (χ1) is 9.43. The molecule has 1 aromatic heterocycles. The summed E-state index contributed by atoms with van der Waals surface area (Å²) in [6.45, 7) is 4.20. The third-order valence-electron chi connectivity index (χ3n) is 4.03. The number of aromatic nitrogens is 2. The molecule has 2 aliphatic heterocycles. The monoisotopic (exact) mass is 295 g/mol. The van der Waals surface area contributed by atoms with Crippen LogP contribution >= 0.6 is 0 Å². The van der Waals surface area contributed by atoms with Gasteiger partial charge < -0.3 is 27.2 Å². The molecule has 6 heteroatoms. The molecular weight excluding hydrogens is 278 g/mol. The van der Waals surface area contributed by atoms with E-state index in [1.54, 1.807) is 0 Å². The van der Waals surface area contributed by atoms with E-state index >= 15 is 0 Å². The van der Waals surface area contributed by atoms with Crippen molar-refractivity contribution in [1.82, 2.24) is 9.78 Å². The van der Waals surface area contributed by atoms with Crippen molar-refractivity contribution in [3.63, 3.8) is 0 Å². The van der Waals surface area contributed by atoms with Gasteiger partial charge in [0.05, 0.1) is 37.6 Å². The van der Waals surface area contributed by atoms with Gasteiger partial charge in [-0.15, -0.1) is 0 Å². The van der Waals surface area contributed by atoms with E-state index in [0.717, 1.165) is 25.2 Å². The van der Waals surface area contributed by atoms with Gasteiger partial charge in [0.25, 0.3) is 0 Å². The van der Waals surface area contributed by atoms with Crippen molar-refractivity contribution in [2.24, 2.45) is 0 Å². The number of nitrogens with zero attached hydrogens (tertiary/aromatic N) is 2. The number of fused-ring (bicyclic) bond motifs is 3. The fraction of sp³-hybridized carbons (Fsp3) is 0.500. The van der Waals surface area contributed by atoms with Gasteiger partial charge in [0.1, 0.15) is 18.7 Å². The maximum absolute atomic E-state index is 5.90. The van der Waals surface area contributed by atoms with Crippen LogP contribution in [0.5, 0.6) is 0 Å². The first-order valence-corrected chi connectivity index (χ1v) is 6.90. The fourth-order valence-electron chi connectivity index (χ4n) is 3.06. The number of quaternary nitrogens is 1. The van der Waals surface area contributed by atoms with Crippen LogP contribution in [0.25, 0.3) is 10.9 Å². The number of halogens is 1. The van der Waals surface area contributed by atoms with E-state index in [2.05, 4.69) is 28.2 Å². The van der Waals surface area contributed by atoms with Crippen molar-refractivity contribution in [3.8, 4) is 0 Å². The maximum Gasteiger partial charge on any atom is 0.131 e. The molecule has 20 heavy (non-hydrogen) atoms. The summed E-state index contributed by atoms with van der Waals surface area (Å²) in [4.78, 5) is 0. The Morgan fingerprint density at radius 2 is 2.20 bits per heavy atom. The van der Waals surface area contributed by atoms with E-state index in [4.69, 9.17) is 14.6 Å². The van der Waals surface area contributed by atoms with Gasteiger partial charge in [-0.3, -0.25) is 4.68 Å².